The summed E-state index contributed by atoms with van der Waals surface area (Å²) in [5.41, 5.74) is 0. The van der Waals surface area contributed by atoms with Crippen molar-refractivity contribution in [2.75, 3.05) is 7.11 Å². The average molecular weight is 237 g/mol. The molecule has 0 rings (SSSR count). The molecule has 0 spiro atoms. The summed E-state index contributed by atoms with van der Waals surface area (Å²) in [5, 5.41) is -0.762. The number of halogens is 1. The van der Waals surface area contributed by atoms with Crippen LogP contribution in [0.2, 0.25) is 0 Å². The molecule has 0 aliphatic carbocycles. The third-order valence-electron chi connectivity index (χ3n) is 1.54. The van der Waals surface area contributed by atoms with Gasteiger partial charge in [-0.2, -0.15) is 0 Å². The van der Waals surface area contributed by atoms with Crippen molar-refractivity contribution in [3.05, 3.63) is 0 Å². The van der Waals surface area contributed by atoms with Gasteiger partial charge in [0.15, 0.2) is 0 Å². The lowest BCUT2D eigenvalue weighted by molar-refractivity contribution is -0.168. The Morgan fingerprint density at radius 2 is 1.73 bits per heavy atom. The molecule has 0 fully saturated rings. The van der Waals surface area contributed by atoms with Gasteiger partial charge in [0.1, 0.15) is 0 Å². The molecule has 0 radical (unpaired) electrons. The number of carbonyl (C=O) groups is 3. The summed E-state index contributed by atoms with van der Waals surface area (Å²) in [6, 6.07) is 0. The molecule has 0 amide bonds. The van der Waals surface area contributed by atoms with Crippen LogP contribution in [0.1, 0.15) is 20.3 Å². The number of ether oxygens (including phenoxy) is 2. The van der Waals surface area contributed by atoms with Crippen LogP contribution in [-0.2, 0) is 23.9 Å². The van der Waals surface area contributed by atoms with Gasteiger partial charge in [0.05, 0.1) is 19.4 Å². The summed E-state index contributed by atoms with van der Waals surface area (Å²) in [6.45, 7) is 3.22. The van der Waals surface area contributed by atoms with Crippen molar-refractivity contribution in [1.82, 2.24) is 0 Å². The number of esters is 2. The van der Waals surface area contributed by atoms with Gasteiger partial charge in [-0.05, 0) is 11.6 Å². The molecule has 6 heteroatoms. The molecule has 15 heavy (non-hydrogen) atoms. The minimum atomic E-state index is -1.25. The Bertz CT molecular complexity index is 261. The molecule has 0 saturated carbocycles. The smallest absolute Gasteiger partial charge is 0.347 e. The monoisotopic (exact) mass is 236 g/mol. The highest BCUT2D eigenvalue weighted by Gasteiger charge is 2.27. The van der Waals surface area contributed by atoms with Gasteiger partial charge in [0.25, 0.3) is 0 Å². The molecule has 0 bridgehead atoms. The van der Waals surface area contributed by atoms with Gasteiger partial charge >= 0.3 is 11.9 Å². The molecular weight excluding hydrogens is 224 g/mol. The summed E-state index contributed by atoms with van der Waals surface area (Å²) in [6.07, 6.45) is -1.64. The highest BCUT2D eigenvalue weighted by molar-refractivity contribution is 6.63. The van der Waals surface area contributed by atoms with Crippen LogP contribution in [0.4, 0.5) is 0 Å². The van der Waals surface area contributed by atoms with Crippen molar-refractivity contribution in [3.8, 4) is 0 Å². The number of carbonyl (C=O) groups excluding carboxylic acids is 3. The standard InChI is InChI=1S/C9H13ClO5/c1-5(2)8(12)15-6(4-7(10)11)9(13)14-3/h5-6H,4H2,1-3H3. The number of hydrogen-bond acceptors (Lipinski definition) is 5. The molecule has 0 heterocycles. The van der Waals surface area contributed by atoms with E-state index in [4.69, 9.17) is 16.3 Å². The summed E-state index contributed by atoms with van der Waals surface area (Å²) < 4.78 is 9.12. The van der Waals surface area contributed by atoms with Crippen LogP contribution in [0, 0.1) is 5.92 Å². The highest BCUT2D eigenvalue weighted by Crippen LogP contribution is 2.08. The molecule has 0 aromatic heterocycles. The van der Waals surface area contributed by atoms with E-state index in [1.165, 1.54) is 0 Å². The highest BCUT2D eigenvalue weighted by atomic mass is 35.5. The van der Waals surface area contributed by atoms with Crippen LogP contribution < -0.4 is 0 Å². The van der Waals surface area contributed by atoms with Gasteiger partial charge in [0.2, 0.25) is 11.3 Å². The molecule has 86 valence electrons. The molecule has 0 aromatic rings. The maximum absolute atomic E-state index is 11.2. The zero-order chi connectivity index (χ0) is 12.0. The van der Waals surface area contributed by atoms with E-state index in [2.05, 4.69) is 4.74 Å². The van der Waals surface area contributed by atoms with E-state index in [-0.39, 0.29) is 12.3 Å². The number of methoxy groups -OCH3 is 1. The van der Waals surface area contributed by atoms with E-state index in [9.17, 15) is 14.4 Å². The summed E-state index contributed by atoms with van der Waals surface area (Å²) in [5.74, 6) is -1.76. The molecule has 0 saturated heterocycles. The van der Waals surface area contributed by atoms with Crippen molar-refractivity contribution in [2.45, 2.75) is 26.4 Å². The first-order valence-electron chi connectivity index (χ1n) is 4.35. The van der Waals surface area contributed by atoms with Crippen LogP contribution in [-0.4, -0.2) is 30.4 Å². The molecular formula is C9H13ClO5. The fraction of sp³-hybridized carbons (Fsp3) is 0.667. The predicted octanol–water partition coefficient (Wildman–Crippen LogP) is 0.883. The van der Waals surface area contributed by atoms with Crippen LogP contribution in [0.15, 0.2) is 0 Å². The lowest BCUT2D eigenvalue weighted by atomic mass is 10.2. The van der Waals surface area contributed by atoms with Gasteiger partial charge in [-0.25, -0.2) is 4.79 Å². The first-order chi connectivity index (χ1) is 6.88. The second-order valence-electron chi connectivity index (χ2n) is 3.16. The zero-order valence-electron chi connectivity index (χ0n) is 8.78. The Balaban J connectivity index is 4.44. The molecule has 1 atom stereocenters. The normalized spacial score (nSPS) is 12.1. The molecule has 5 nitrogen and oxygen atoms in total. The average Bonchev–Trinajstić information content (AvgIpc) is 2.14. The maximum atomic E-state index is 11.2. The van der Waals surface area contributed by atoms with Gasteiger partial charge in [-0.1, -0.05) is 13.8 Å². The minimum absolute atomic E-state index is 0.382. The van der Waals surface area contributed by atoms with Crippen molar-refractivity contribution < 1.29 is 23.9 Å². The first kappa shape index (κ1) is 13.9. The molecule has 0 N–H and O–H groups in total. The van der Waals surface area contributed by atoms with Gasteiger partial charge in [0, 0.05) is 0 Å². The Hall–Kier alpha value is -1.10. The quantitative estimate of drug-likeness (QED) is 0.524. The topological polar surface area (TPSA) is 69.7 Å². The minimum Gasteiger partial charge on any atom is -0.466 e. The van der Waals surface area contributed by atoms with Gasteiger partial charge < -0.3 is 9.47 Å². The number of hydrogen-bond donors (Lipinski definition) is 0. The SMILES string of the molecule is COC(=O)C(CC(=O)Cl)OC(=O)C(C)C. The summed E-state index contributed by atoms with van der Waals surface area (Å²) in [4.78, 5) is 32.9. The predicted molar refractivity (Wildman–Crippen MR) is 52.2 cm³/mol. The third kappa shape index (κ3) is 5.37. The second kappa shape index (κ2) is 6.40. The van der Waals surface area contributed by atoms with Gasteiger partial charge in [-0.15, -0.1) is 0 Å². The second-order valence-corrected chi connectivity index (χ2v) is 3.58. The summed E-state index contributed by atoms with van der Waals surface area (Å²) in [7, 11) is 1.14. The van der Waals surface area contributed by atoms with E-state index in [0.29, 0.717) is 0 Å². The molecule has 1 unspecified atom stereocenters. The van der Waals surface area contributed by atoms with E-state index < -0.39 is 23.3 Å². The Labute approximate surface area is 92.7 Å². The van der Waals surface area contributed by atoms with Gasteiger partial charge in [-0.3, -0.25) is 9.59 Å². The molecule has 0 aliphatic heterocycles. The van der Waals surface area contributed by atoms with Crippen molar-refractivity contribution in [2.24, 2.45) is 5.92 Å². The van der Waals surface area contributed by atoms with Crippen molar-refractivity contribution in [1.29, 1.82) is 0 Å². The third-order valence-corrected chi connectivity index (χ3v) is 1.69. The molecule has 0 aliphatic rings. The number of rotatable bonds is 5. The molecule has 0 aromatic carbocycles. The lowest BCUT2D eigenvalue weighted by Crippen LogP contribution is -2.31. The maximum Gasteiger partial charge on any atom is 0.347 e. The van der Waals surface area contributed by atoms with E-state index in [0.717, 1.165) is 7.11 Å². The fourth-order valence-electron chi connectivity index (χ4n) is 0.727. The van der Waals surface area contributed by atoms with Crippen LogP contribution in [0.5, 0.6) is 0 Å². The Morgan fingerprint density at radius 3 is 2.07 bits per heavy atom. The Morgan fingerprint density at radius 1 is 1.20 bits per heavy atom. The fourth-order valence-corrected chi connectivity index (χ4v) is 0.867. The van der Waals surface area contributed by atoms with E-state index in [1.54, 1.807) is 13.8 Å². The van der Waals surface area contributed by atoms with Crippen LogP contribution >= 0.6 is 11.6 Å². The van der Waals surface area contributed by atoms with Crippen LogP contribution in [0.3, 0.4) is 0 Å². The zero-order valence-corrected chi connectivity index (χ0v) is 9.54. The van der Waals surface area contributed by atoms with E-state index in [1.807, 2.05) is 0 Å². The van der Waals surface area contributed by atoms with Crippen molar-refractivity contribution in [3.63, 3.8) is 0 Å². The Kier molecular flexibility index (Phi) is 5.93. The lowest BCUT2D eigenvalue weighted by Gasteiger charge is -2.15. The largest absolute Gasteiger partial charge is 0.466 e. The van der Waals surface area contributed by atoms with Crippen molar-refractivity contribution >= 4 is 28.8 Å². The first-order valence-corrected chi connectivity index (χ1v) is 4.73. The van der Waals surface area contributed by atoms with E-state index >= 15 is 0 Å². The van der Waals surface area contributed by atoms with Crippen LogP contribution in [0.25, 0.3) is 0 Å². The summed E-state index contributed by atoms with van der Waals surface area (Å²) >= 11 is 5.10.